The number of thiazole rings is 1. The molecule has 162 valence electrons. The van der Waals surface area contributed by atoms with E-state index in [9.17, 15) is 20.0 Å². The lowest BCUT2D eigenvalue weighted by Crippen LogP contribution is -2.35. The van der Waals surface area contributed by atoms with Gasteiger partial charge in [-0.05, 0) is 80.6 Å². The van der Waals surface area contributed by atoms with Crippen molar-refractivity contribution in [3.05, 3.63) is 76.5 Å². The van der Waals surface area contributed by atoms with E-state index in [0.717, 1.165) is 24.2 Å². The first-order valence-electron chi connectivity index (χ1n) is 9.81. The smallest absolute Gasteiger partial charge is 0.273 e. The summed E-state index contributed by atoms with van der Waals surface area (Å²) in [5, 5.41) is 19.8. The number of amides is 1. The number of aromatic hydroxyl groups is 1. The molecule has 0 saturated carbocycles. The van der Waals surface area contributed by atoms with Gasteiger partial charge >= 0.3 is 0 Å². The van der Waals surface area contributed by atoms with E-state index in [0.29, 0.717) is 42.5 Å². The van der Waals surface area contributed by atoms with E-state index < -0.39 is 0 Å². The summed E-state index contributed by atoms with van der Waals surface area (Å²) in [7, 11) is 0. The molecule has 3 aromatic rings. The molecule has 0 aliphatic carbocycles. The van der Waals surface area contributed by atoms with E-state index in [4.69, 9.17) is 0 Å². The van der Waals surface area contributed by atoms with Gasteiger partial charge in [-0.15, -0.1) is 11.3 Å². The van der Waals surface area contributed by atoms with Crippen LogP contribution in [0, 0.1) is 11.3 Å². The Kier molecular flexibility index (Phi) is 6.65. The second kappa shape index (κ2) is 9.45. The van der Waals surface area contributed by atoms with Gasteiger partial charge in [-0.3, -0.25) is 14.2 Å². The standard InChI is InChI=1S/C23H17Br2N3O3S/c24-17-10-14(11-18(25)20(17)29)12-19-22(31)28(15-6-2-1-3-7-15)23(32-19)16(13-26)21(30)27-8-4-5-9-27/h1-3,6-7,10-12,29H,4-5,8-9H2/b19-12-,23-16-. The van der Waals surface area contributed by atoms with Crippen molar-refractivity contribution < 1.29 is 9.90 Å². The van der Waals surface area contributed by atoms with Crippen LogP contribution in [0.5, 0.6) is 5.75 Å². The number of benzene rings is 2. The van der Waals surface area contributed by atoms with Crippen molar-refractivity contribution >= 4 is 60.8 Å². The van der Waals surface area contributed by atoms with E-state index in [-0.39, 0.29) is 22.8 Å². The van der Waals surface area contributed by atoms with Gasteiger partial charge in [0.05, 0.1) is 19.2 Å². The molecule has 1 amide bonds. The molecule has 1 N–H and O–H groups in total. The number of para-hydroxylation sites is 1. The number of hydrogen-bond donors (Lipinski definition) is 1. The zero-order valence-corrected chi connectivity index (χ0v) is 20.7. The van der Waals surface area contributed by atoms with Crippen molar-refractivity contribution in [3.63, 3.8) is 0 Å². The van der Waals surface area contributed by atoms with Crippen molar-refractivity contribution in [2.24, 2.45) is 0 Å². The van der Waals surface area contributed by atoms with Gasteiger partial charge in [0.15, 0.2) is 5.57 Å². The molecule has 0 unspecified atom stereocenters. The maximum atomic E-state index is 13.4. The van der Waals surface area contributed by atoms with Crippen LogP contribution in [0.1, 0.15) is 18.4 Å². The van der Waals surface area contributed by atoms with Crippen LogP contribution in [-0.4, -0.2) is 33.6 Å². The number of hydrogen-bond acceptors (Lipinski definition) is 5. The van der Waals surface area contributed by atoms with Gasteiger partial charge in [0, 0.05) is 13.1 Å². The predicted molar refractivity (Wildman–Crippen MR) is 131 cm³/mol. The minimum absolute atomic E-state index is 0.0365. The molecule has 1 saturated heterocycles. The van der Waals surface area contributed by atoms with Gasteiger partial charge < -0.3 is 10.0 Å². The number of nitriles is 1. The first kappa shape index (κ1) is 22.5. The lowest BCUT2D eigenvalue weighted by atomic mass is 10.2. The van der Waals surface area contributed by atoms with Crippen molar-refractivity contribution in [2.75, 3.05) is 13.1 Å². The molecule has 9 heteroatoms. The highest BCUT2D eigenvalue weighted by Gasteiger charge is 2.24. The highest BCUT2D eigenvalue weighted by molar-refractivity contribution is 9.11. The van der Waals surface area contributed by atoms with Gasteiger partial charge in [-0.1, -0.05) is 18.2 Å². The first-order valence-corrected chi connectivity index (χ1v) is 12.2. The van der Waals surface area contributed by atoms with Crippen molar-refractivity contribution in [1.82, 2.24) is 9.47 Å². The van der Waals surface area contributed by atoms with Gasteiger partial charge in [-0.2, -0.15) is 5.26 Å². The molecule has 1 aliphatic rings. The van der Waals surface area contributed by atoms with Crippen molar-refractivity contribution in [2.45, 2.75) is 12.8 Å². The maximum Gasteiger partial charge on any atom is 0.273 e. The van der Waals surface area contributed by atoms with Crippen molar-refractivity contribution in [1.29, 1.82) is 5.26 Å². The lowest BCUT2D eigenvalue weighted by molar-refractivity contribution is -0.123. The van der Waals surface area contributed by atoms with Crippen LogP contribution in [0.3, 0.4) is 0 Å². The normalized spacial score (nSPS) is 15.0. The average Bonchev–Trinajstić information content (AvgIpc) is 3.42. The van der Waals surface area contributed by atoms with Gasteiger partial charge in [0.2, 0.25) is 0 Å². The van der Waals surface area contributed by atoms with E-state index in [1.807, 2.05) is 12.1 Å². The number of rotatable bonds is 3. The molecule has 2 heterocycles. The summed E-state index contributed by atoms with van der Waals surface area (Å²) in [4.78, 5) is 28.2. The van der Waals surface area contributed by atoms with Crippen LogP contribution in [0.2, 0.25) is 0 Å². The highest BCUT2D eigenvalue weighted by Crippen LogP contribution is 2.33. The summed E-state index contributed by atoms with van der Waals surface area (Å²) in [5.74, 6) is -0.287. The Bertz CT molecular complexity index is 1390. The number of carbonyl (C=O) groups excluding carboxylic acids is 1. The Morgan fingerprint density at radius 2 is 1.75 bits per heavy atom. The number of phenolic OH excluding ortho intramolecular Hbond substituents is 1. The van der Waals surface area contributed by atoms with Crippen LogP contribution in [-0.2, 0) is 4.79 Å². The summed E-state index contributed by atoms with van der Waals surface area (Å²) >= 11 is 7.70. The number of nitrogens with zero attached hydrogens (tertiary/aromatic N) is 3. The van der Waals surface area contributed by atoms with Crippen molar-refractivity contribution in [3.8, 4) is 17.5 Å². The molecule has 0 bridgehead atoms. The Morgan fingerprint density at radius 3 is 2.34 bits per heavy atom. The molecule has 0 spiro atoms. The third-order valence-corrected chi connectivity index (χ3v) is 7.41. The molecular formula is C23H17Br2N3O3S. The number of likely N-dealkylation sites (tertiary alicyclic amines) is 1. The fourth-order valence-electron chi connectivity index (χ4n) is 3.55. The summed E-state index contributed by atoms with van der Waals surface area (Å²) < 4.78 is 3.06. The highest BCUT2D eigenvalue weighted by atomic mass is 79.9. The molecule has 0 atom stereocenters. The predicted octanol–water partition coefficient (Wildman–Crippen LogP) is 3.26. The number of phenols is 1. The quantitative estimate of drug-likeness (QED) is 0.520. The van der Waals surface area contributed by atoms with Gasteiger partial charge in [0.25, 0.3) is 11.5 Å². The third-order valence-electron chi connectivity index (χ3n) is 5.11. The lowest BCUT2D eigenvalue weighted by Gasteiger charge is -2.14. The third kappa shape index (κ3) is 4.31. The Labute approximate surface area is 204 Å². The van der Waals surface area contributed by atoms with Crippen LogP contribution in [0.25, 0.3) is 17.3 Å². The molecule has 32 heavy (non-hydrogen) atoms. The number of carbonyl (C=O) groups is 1. The fraction of sp³-hybridized carbons (Fsp3) is 0.174. The molecule has 1 aliphatic heterocycles. The van der Waals surface area contributed by atoms with Gasteiger partial charge in [0.1, 0.15) is 16.5 Å². The topological polar surface area (TPSA) is 86.3 Å². The van der Waals surface area contributed by atoms with Crippen LogP contribution in [0.15, 0.2) is 56.2 Å². The zero-order valence-electron chi connectivity index (χ0n) is 16.7. The molecule has 6 nitrogen and oxygen atoms in total. The zero-order chi connectivity index (χ0) is 22.8. The SMILES string of the molecule is N#C/C(C(=O)N1CCCC1)=c1/s/c(=C\c2cc(Br)c(O)c(Br)c2)c(=O)n1-c1ccccc1. The van der Waals surface area contributed by atoms with Crippen LogP contribution in [0.4, 0.5) is 0 Å². The van der Waals surface area contributed by atoms with E-state index >= 15 is 0 Å². The minimum atomic E-state index is -0.349. The summed E-state index contributed by atoms with van der Waals surface area (Å²) in [6.07, 6.45) is 3.49. The van der Waals surface area contributed by atoms with E-state index in [1.54, 1.807) is 47.4 Å². The summed E-state index contributed by atoms with van der Waals surface area (Å²) in [6, 6.07) is 14.4. The first-order chi connectivity index (χ1) is 15.4. The summed E-state index contributed by atoms with van der Waals surface area (Å²) in [5.41, 5.74) is 0.901. The Balaban J connectivity index is 2.01. The number of aromatic nitrogens is 1. The van der Waals surface area contributed by atoms with E-state index in [2.05, 4.69) is 31.9 Å². The minimum Gasteiger partial charge on any atom is -0.506 e. The molecule has 1 aromatic heterocycles. The fourth-order valence-corrected chi connectivity index (χ4v) is 5.87. The number of halogens is 2. The molecule has 4 rings (SSSR count). The Morgan fingerprint density at radius 1 is 1.12 bits per heavy atom. The second-order valence-electron chi connectivity index (χ2n) is 7.21. The summed E-state index contributed by atoms with van der Waals surface area (Å²) in [6.45, 7) is 1.22. The second-order valence-corrected chi connectivity index (χ2v) is 9.95. The monoisotopic (exact) mass is 573 g/mol. The molecule has 0 radical (unpaired) electrons. The average molecular weight is 575 g/mol. The molecule has 1 fully saturated rings. The van der Waals surface area contributed by atoms with Crippen LogP contribution >= 0.6 is 43.2 Å². The maximum absolute atomic E-state index is 13.4. The van der Waals surface area contributed by atoms with Gasteiger partial charge in [-0.25, -0.2) is 0 Å². The van der Waals surface area contributed by atoms with Crippen LogP contribution < -0.4 is 14.8 Å². The molecule has 2 aromatic carbocycles. The molecular weight excluding hydrogens is 558 g/mol. The largest absolute Gasteiger partial charge is 0.506 e. The Hall–Kier alpha value is -2.67. The van der Waals surface area contributed by atoms with E-state index in [1.165, 1.54) is 4.57 Å².